The number of hydrogen-bond donors (Lipinski definition) is 0. The zero-order valence-electron chi connectivity index (χ0n) is 20.1. The Morgan fingerprint density at radius 1 is 1.17 bits per heavy atom. The van der Waals surface area contributed by atoms with Gasteiger partial charge < -0.3 is 14.5 Å². The maximum atomic E-state index is 13.0. The van der Waals surface area contributed by atoms with E-state index in [1.807, 2.05) is 21.9 Å². The minimum absolute atomic E-state index is 0.0110. The number of ether oxygens (including phenoxy) is 1. The first-order valence-corrected chi connectivity index (χ1v) is 12.2. The van der Waals surface area contributed by atoms with Gasteiger partial charge in [-0.05, 0) is 31.7 Å². The highest BCUT2D eigenvalue weighted by Gasteiger charge is 2.26. The summed E-state index contributed by atoms with van der Waals surface area (Å²) in [5, 5.41) is 0. The standard InChI is InChI=1S/C26H29N7O3/c1-2-3-7-28-23-15-21(16-24(33(23)19-34)31-11-8-27-18-31)32-12-13-36-22-14-20(17-29-25(22)32)26(35)30-9-5-4-6-10-30/h2,8,11,14-19H,1,3-7,9-10,12-13H2/b28-23-. The Hall–Kier alpha value is -4.21. The summed E-state index contributed by atoms with van der Waals surface area (Å²) in [6.45, 7) is 6.80. The van der Waals surface area contributed by atoms with Gasteiger partial charge in [0.15, 0.2) is 11.6 Å². The molecule has 1 saturated heterocycles. The van der Waals surface area contributed by atoms with Crippen molar-refractivity contribution in [3.05, 3.63) is 66.8 Å². The molecule has 0 spiro atoms. The third kappa shape index (κ3) is 4.66. The Kier molecular flexibility index (Phi) is 6.92. The number of carbonyl (C=O) groups is 2. The Morgan fingerprint density at radius 3 is 2.78 bits per heavy atom. The van der Waals surface area contributed by atoms with E-state index in [0.29, 0.717) is 54.6 Å². The fourth-order valence-corrected chi connectivity index (χ4v) is 4.56. The van der Waals surface area contributed by atoms with E-state index in [4.69, 9.17) is 4.74 Å². The fraction of sp³-hybridized carbons (Fsp3) is 0.346. The lowest BCUT2D eigenvalue weighted by atomic mass is 10.1. The van der Waals surface area contributed by atoms with Crippen LogP contribution in [0, 0.1) is 0 Å². The van der Waals surface area contributed by atoms with Gasteiger partial charge in [-0.3, -0.25) is 23.7 Å². The second-order valence-corrected chi connectivity index (χ2v) is 8.73. The van der Waals surface area contributed by atoms with Gasteiger partial charge in [-0.2, -0.15) is 0 Å². The number of piperidine rings is 1. The predicted molar refractivity (Wildman–Crippen MR) is 135 cm³/mol. The molecule has 0 aromatic carbocycles. The van der Waals surface area contributed by atoms with E-state index in [-0.39, 0.29) is 5.91 Å². The molecule has 5 rings (SSSR count). The molecule has 1 amide bonds. The third-order valence-electron chi connectivity index (χ3n) is 6.39. The highest BCUT2D eigenvalue weighted by molar-refractivity contribution is 5.95. The van der Waals surface area contributed by atoms with Crippen LogP contribution in [0.3, 0.4) is 0 Å². The van der Waals surface area contributed by atoms with E-state index in [2.05, 4.69) is 21.5 Å². The topological polar surface area (TPSA) is 97.8 Å². The van der Waals surface area contributed by atoms with Crippen molar-refractivity contribution in [3.8, 4) is 11.6 Å². The number of carbonyl (C=O) groups excluding carboxylic acids is 2. The highest BCUT2D eigenvalue weighted by atomic mass is 16.5. The number of amides is 1. The van der Waals surface area contributed by atoms with Crippen LogP contribution in [0.1, 0.15) is 36.0 Å². The number of imidazole rings is 1. The second kappa shape index (κ2) is 10.6. The minimum atomic E-state index is -0.0110. The van der Waals surface area contributed by atoms with Gasteiger partial charge in [-0.1, -0.05) is 6.08 Å². The SMILES string of the molecule is C=CCC/N=c1/cc(N2CCOc3cc(C(=O)N4CCCCC4)cnc32)cc(-n2ccnc2)n1C=O. The zero-order valence-corrected chi connectivity index (χ0v) is 20.1. The van der Waals surface area contributed by atoms with Crippen LogP contribution in [0.15, 0.2) is 60.8 Å². The molecule has 5 heterocycles. The molecule has 0 aliphatic carbocycles. The van der Waals surface area contributed by atoms with Gasteiger partial charge >= 0.3 is 0 Å². The summed E-state index contributed by atoms with van der Waals surface area (Å²) in [6, 6.07) is 5.54. The molecular formula is C26H29N7O3. The van der Waals surface area contributed by atoms with E-state index in [1.165, 1.54) is 4.57 Å². The largest absolute Gasteiger partial charge is 0.488 e. The Bertz CT molecular complexity index is 1320. The summed E-state index contributed by atoms with van der Waals surface area (Å²) in [5.74, 6) is 1.77. The second-order valence-electron chi connectivity index (χ2n) is 8.73. The average molecular weight is 488 g/mol. The number of rotatable bonds is 7. The van der Waals surface area contributed by atoms with Crippen LogP contribution in [0.2, 0.25) is 0 Å². The Labute approximate surface area is 209 Å². The Morgan fingerprint density at radius 2 is 2.03 bits per heavy atom. The average Bonchev–Trinajstić information content (AvgIpc) is 3.47. The summed E-state index contributed by atoms with van der Waals surface area (Å²) < 4.78 is 9.18. The molecule has 0 unspecified atom stereocenters. The monoisotopic (exact) mass is 487 g/mol. The Balaban J connectivity index is 1.55. The molecule has 2 aliphatic heterocycles. The van der Waals surface area contributed by atoms with E-state index < -0.39 is 0 Å². The highest BCUT2D eigenvalue weighted by Crippen LogP contribution is 2.35. The fourth-order valence-electron chi connectivity index (χ4n) is 4.56. The number of aromatic nitrogens is 4. The van der Waals surface area contributed by atoms with Crippen LogP contribution in [0.25, 0.3) is 5.82 Å². The van der Waals surface area contributed by atoms with Gasteiger partial charge in [0.25, 0.3) is 5.91 Å². The van der Waals surface area contributed by atoms with Crippen molar-refractivity contribution in [2.24, 2.45) is 4.99 Å². The van der Waals surface area contributed by atoms with Crippen LogP contribution in [-0.2, 0) is 4.79 Å². The van der Waals surface area contributed by atoms with Crippen LogP contribution in [-0.4, -0.2) is 69.1 Å². The maximum absolute atomic E-state index is 13.0. The number of nitrogens with zero attached hydrogens (tertiary/aromatic N) is 7. The number of pyridine rings is 2. The van der Waals surface area contributed by atoms with Gasteiger partial charge in [0, 0.05) is 56.0 Å². The smallest absolute Gasteiger partial charge is 0.255 e. The van der Waals surface area contributed by atoms with E-state index in [1.54, 1.807) is 41.6 Å². The first-order valence-electron chi connectivity index (χ1n) is 12.2. The quantitative estimate of drug-likeness (QED) is 0.289. The van der Waals surface area contributed by atoms with E-state index in [0.717, 1.165) is 44.4 Å². The first kappa shape index (κ1) is 23.5. The molecule has 186 valence electrons. The molecule has 1 fully saturated rings. The molecule has 0 atom stereocenters. The number of fused-ring (bicyclic) bond motifs is 1. The molecule has 0 N–H and O–H groups in total. The molecule has 36 heavy (non-hydrogen) atoms. The van der Waals surface area contributed by atoms with Gasteiger partial charge in [0.05, 0.1) is 12.1 Å². The molecule has 2 aliphatic rings. The van der Waals surface area contributed by atoms with Crippen molar-refractivity contribution in [3.63, 3.8) is 0 Å². The lowest BCUT2D eigenvalue weighted by Crippen LogP contribution is -2.36. The van der Waals surface area contributed by atoms with Gasteiger partial charge in [0.1, 0.15) is 24.2 Å². The van der Waals surface area contributed by atoms with E-state index in [9.17, 15) is 9.59 Å². The van der Waals surface area contributed by atoms with E-state index >= 15 is 0 Å². The lowest BCUT2D eigenvalue weighted by molar-refractivity contribution is 0.0723. The maximum Gasteiger partial charge on any atom is 0.255 e. The predicted octanol–water partition coefficient (Wildman–Crippen LogP) is 2.74. The minimum Gasteiger partial charge on any atom is -0.488 e. The van der Waals surface area contributed by atoms with Crippen LogP contribution >= 0.6 is 0 Å². The molecule has 0 radical (unpaired) electrons. The number of likely N-dealkylation sites (tertiary alicyclic amines) is 1. The van der Waals surface area contributed by atoms with Crippen molar-refractivity contribution >= 4 is 23.8 Å². The van der Waals surface area contributed by atoms with Crippen molar-refractivity contribution in [1.82, 2.24) is 24.0 Å². The summed E-state index contributed by atoms with van der Waals surface area (Å²) in [4.78, 5) is 42.4. The van der Waals surface area contributed by atoms with Gasteiger partial charge in [-0.15, -0.1) is 6.58 Å². The number of hydrogen-bond acceptors (Lipinski definition) is 7. The van der Waals surface area contributed by atoms with Crippen LogP contribution in [0.4, 0.5) is 11.5 Å². The normalized spacial score (nSPS) is 15.8. The molecule has 10 heteroatoms. The summed E-state index contributed by atoms with van der Waals surface area (Å²) in [5.41, 5.74) is 1.85. The molecule has 3 aromatic heterocycles. The van der Waals surface area contributed by atoms with Crippen molar-refractivity contribution in [2.45, 2.75) is 25.7 Å². The summed E-state index contributed by atoms with van der Waals surface area (Å²) in [7, 11) is 0. The summed E-state index contributed by atoms with van der Waals surface area (Å²) >= 11 is 0. The van der Waals surface area contributed by atoms with Gasteiger partial charge in [-0.25, -0.2) is 9.97 Å². The van der Waals surface area contributed by atoms with Crippen molar-refractivity contribution in [1.29, 1.82) is 0 Å². The van der Waals surface area contributed by atoms with Crippen LogP contribution < -0.4 is 15.1 Å². The van der Waals surface area contributed by atoms with Crippen molar-refractivity contribution < 1.29 is 14.3 Å². The number of anilines is 2. The lowest BCUT2D eigenvalue weighted by Gasteiger charge is -2.31. The van der Waals surface area contributed by atoms with Gasteiger partial charge in [0.2, 0.25) is 6.41 Å². The van der Waals surface area contributed by atoms with Crippen molar-refractivity contribution in [2.75, 3.05) is 37.7 Å². The summed E-state index contributed by atoms with van der Waals surface area (Å²) in [6.07, 6.45) is 13.1. The molecule has 0 saturated carbocycles. The molecule has 10 nitrogen and oxygen atoms in total. The van der Waals surface area contributed by atoms with Crippen LogP contribution in [0.5, 0.6) is 5.75 Å². The zero-order chi connectivity index (χ0) is 24.9. The molecule has 3 aromatic rings. The third-order valence-corrected chi connectivity index (χ3v) is 6.39. The molecular weight excluding hydrogens is 458 g/mol. The molecule has 0 bridgehead atoms. The first-order chi connectivity index (χ1) is 17.7.